The van der Waals surface area contributed by atoms with Crippen LogP contribution in [-0.4, -0.2) is 29.5 Å². The molecule has 0 fully saturated rings. The second-order valence-electron chi connectivity index (χ2n) is 7.96. The van der Waals surface area contributed by atoms with Gasteiger partial charge in [0, 0.05) is 24.8 Å². The number of allylic oxidation sites excluding steroid dienone is 1. The zero-order valence-corrected chi connectivity index (χ0v) is 17.5. The maximum Gasteiger partial charge on any atom is 0.231 e. The maximum atomic E-state index is 6.44. The number of nitrogens with two attached hydrogens (primary N) is 1. The Morgan fingerprint density at radius 1 is 1.17 bits per heavy atom. The quantitative estimate of drug-likeness (QED) is 0.537. The number of nitrogens with one attached hydrogen (secondary N) is 1. The normalized spacial score (nSPS) is 12.8. The van der Waals surface area contributed by atoms with Gasteiger partial charge in [-0.3, -0.25) is 4.68 Å². The average molecular weight is 400 g/mol. The zero-order valence-electron chi connectivity index (χ0n) is 17.5. The van der Waals surface area contributed by atoms with E-state index in [0.717, 1.165) is 34.4 Å². The summed E-state index contributed by atoms with van der Waals surface area (Å²) >= 11 is 0. The van der Waals surface area contributed by atoms with Crippen LogP contribution in [0.1, 0.15) is 36.7 Å². The van der Waals surface area contributed by atoms with Crippen LogP contribution >= 0.6 is 0 Å². The van der Waals surface area contributed by atoms with Crippen molar-refractivity contribution in [1.29, 1.82) is 0 Å². The van der Waals surface area contributed by atoms with Crippen LogP contribution in [0.4, 0.5) is 17.5 Å². The number of rotatable bonds is 4. The molecule has 3 aromatic heterocycles. The molecule has 8 nitrogen and oxygen atoms in total. The van der Waals surface area contributed by atoms with Gasteiger partial charge in [0.1, 0.15) is 11.5 Å². The molecule has 1 aliphatic carbocycles. The molecule has 1 aliphatic rings. The van der Waals surface area contributed by atoms with Crippen molar-refractivity contribution in [2.75, 3.05) is 11.1 Å². The van der Waals surface area contributed by atoms with Crippen molar-refractivity contribution in [3.8, 4) is 11.3 Å². The highest BCUT2D eigenvalue weighted by Crippen LogP contribution is 2.35. The minimum Gasteiger partial charge on any atom is -0.383 e. The van der Waals surface area contributed by atoms with E-state index in [1.54, 1.807) is 4.68 Å². The van der Waals surface area contributed by atoms with E-state index in [2.05, 4.69) is 59.6 Å². The number of hydrogen-bond acceptors (Lipinski definition) is 6. The number of nitrogens with zero attached hydrogens (tertiary/aromatic N) is 6. The van der Waals surface area contributed by atoms with E-state index in [0.29, 0.717) is 17.4 Å². The first-order valence-electron chi connectivity index (χ1n) is 10.0. The highest BCUT2D eigenvalue weighted by Gasteiger charge is 2.21. The summed E-state index contributed by atoms with van der Waals surface area (Å²) in [5.74, 6) is 0.836. The lowest BCUT2D eigenvalue weighted by atomic mass is 10.0. The van der Waals surface area contributed by atoms with Crippen LogP contribution in [0.25, 0.3) is 28.4 Å². The van der Waals surface area contributed by atoms with E-state index in [1.165, 1.54) is 11.1 Å². The van der Waals surface area contributed by atoms with Crippen molar-refractivity contribution in [2.24, 2.45) is 7.05 Å². The Kier molecular flexibility index (Phi) is 4.09. The van der Waals surface area contributed by atoms with Gasteiger partial charge in [0.25, 0.3) is 0 Å². The molecule has 4 aromatic rings. The van der Waals surface area contributed by atoms with E-state index in [-0.39, 0.29) is 6.04 Å². The number of aromatic nitrogens is 6. The summed E-state index contributed by atoms with van der Waals surface area (Å²) in [5, 5.41) is 13.3. The summed E-state index contributed by atoms with van der Waals surface area (Å²) < 4.78 is 3.66. The van der Waals surface area contributed by atoms with E-state index >= 15 is 0 Å². The van der Waals surface area contributed by atoms with Crippen molar-refractivity contribution in [3.63, 3.8) is 0 Å². The number of benzene rings is 1. The molecule has 0 saturated carbocycles. The lowest BCUT2D eigenvalue weighted by Gasteiger charge is -2.08. The molecule has 1 aromatic carbocycles. The Labute approximate surface area is 174 Å². The molecular formula is C22H24N8. The van der Waals surface area contributed by atoms with Gasteiger partial charge in [-0.1, -0.05) is 24.3 Å². The van der Waals surface area contributed by atoms with E-state index in [1.807, 2.05) is 24.9 Å². The molecule has 152 valence electrons. The lowest BCUT2D eigenvalue weighted by molar-refractivity contribution is 0.548. The van der Waals surface area contributed by atoms with Crippen LogP contribution in [0.3, 0.4) is 0 Å². The summed E-state index contributed by atoms with van der Waals surface area (Å²) in [7, 11) is 1.88. The lowest BCUT2D eigenvalue weighted by Crippen LogP contribution is -2.06. The first-order valence-corrected chi connectivity index (χ1v) is 10.0. The molecular weight excluding hydrogens is 376 g/mol. The summed E-state index contributed by atoms with van der Waals surface area (Å²) in [4.78, 5) is 9.30. The minimum atomic E-state index is 0.123. The molecule has 0 atom stereocenters. The zero-order chi connectivity index (χ0) is 21.0. The highest BCUT2D eigenvalue weighted by molar-refractivity contribution is 5.99. The Morgan fingerprint density at radius 3 is 2.73 bits per heavy atom. The molecule has 30 heavy (non-hydrogen) atoms. The van der Waals surface area contributed by atoms with Crippen molar-refractivity contribution >= 4 is 34.6 Å². The van der Waals surface area contributed by atoms with Crippen LogP contribution in [-0.2, 0) is 13.5 Å². The molecule has 3 heterocycles. The molecule has 0 bridgehead atoms. The van der Waals surface area contributed by atoms with Crippen molar-refractivity contribution in [3.05, 3.63) is 47.3 Å². The SMILES string of the molecule is Cc1nn(C)cc1Nc1nc(N)c2c(-c3ccc4c(c3)C=CC4)nn(C(C)C)c2n1. The molecule has 0 aliphatic heterocycles. The number of aryl methyl sites for hydroxylation is 2. The fraction of sp³-hybridized carbons (Fsp3) is 0.273. The van der Waals surface area contributed by atoms with Crippen LogP contribution in [0.15, 0.2) is 30.5 Å². The molecule has 0 saturated heterocycles. The Balaban J connectivity index is 1.66. The van der Waals surface area contributed by atoms with Gasteiger partial charge in [-0.2, -0.15) is 20.2 Å². The van der Waals surface area contributed by atoms with Crippen molar-refractivity contribution < 1.29 is 0 Å². The number of hydrogen-bond donors (Lipinski definition) is 2. The fourth-order valence-electron chi connectivity index (χ4n) is 3.92. The third kappa shape index (κ3) is 2.92. The topological polar surface area (TPSA) is 99.5 Å². The van der Waals surface area contributed by atoms with Gasteiger partial charge in [-0.15, -0.1) is 0 Å². The van der Waals surface area contributed by atoms with E-state index < -0.39 is 0 Å². The van der Waals surface area contributed by atoms with E-state index in [4.69, 9.17) is 15.8 Å². The summed E-state index contributed by atoms with van der Waals surface area (Å²) in [5.41, 5.74) is 13.2. The average Bonchev–Trinajstić information content (AvgIpc) is 3.38. The van der Waals surface area contributed by atoms with Gasteiger partial charge in [-0.25, -0.2) is 4.68 Å². The summed E-state index contributed by atoms with van der Waals surface area (Å²) in [6, 6.07) is 6.54. The van der Waals surface area contributed by atoms with Gasteiger partial charge in [-0.05, 0) is 44.4 Å². The largest absolute Gasteiger partial charge is 0.383 e. The first kappa shape index (κ1) is 18.4. The van der Waals surface area contributed by atoms with Crippen molar-refractivity contribution in [1.82, 2.24) is 29.5 Å². The monoisotopic (exact) mass is 400 g/mol. The first-order chi connectivity index (χ1) is 14.4. The van der Waals surface area contributed by atoms with Crippen molar-refractivity contribution in [2.45, 2.75) is 33.2 Å². The van der Waals surface area contributed by atoms with Crippen LogP contribution in [0.5, 0.6) is 0 Å². The van der Waals surface area contributed by atoms with Crippen LogP contribution in [0, 0.1) is 6.92 Å². The van der Waals surface area contributed by atoms with Gasteiger partial charge in [0.2, 0.25) is 5.95 Å². The predicted octanol–water partition coefficient (Wildman–Crippen LogP) is 4.01. The fourth-order valence-corrected chi connectivity index (χ4v) is 3.92. The number of nitrogen functional groups attached to an aromatic ring is 1. The molecule has 0 radical (unpaired) electrons. The number of fused-ring (bicyclic) bond motifs is 2. The van der Waals surface area contributed by atoms with Crippen LogP contribution < -0.4 is 11.1 Å². The summed E-state index contributed by atoms with van der Waals surface area (Å²) in [6.45, 7) is 6.10. The van der Waals surface area contributed by atoms with Gasteiger partial charge >= 0.3 is 0 Å². The molecule has 0 spiro atoms. The smallest absolute Gasteiger partial charge is 0.231 e. The number of anilines is 3. The second kappa shape index (κ2) is 6.69. The molecule has 3 N–H and O–H groups in total. The molecule has 0 amide bonds. The standard InChI is InChI=1S/C22H24N8/c1-12(2)30-21-18(19(28-30)16-9-8-14-6-5-7-15(14)10-16)20(23)25-22(26-21)24-17-11-29(4)27-13(17)3/h5,7-12H,6H2,1-4H3,(H3,23,24,25,26). The maximum absolute atomic E-state index is 6.44. The van der Waals surface area contributed by atoms with Gasteiger partial charge < -0.3 is 11.1 Å². The highest BCUT2D eigenvalue weighted by atomic mass is 15.3. The van der Waals surface area contributed by atoms with Crippen LogP contribution in [0.2, 0.25) is 0 Å². The predicted molar refractivity (Wildman–Crippen MR) is 120 cm³/mol. The second-order valence-corrected chi connectivity index (χ2v) is 7.96. The Hall–Kier alpha value is -3.68. The third-order valence-corrected chi connectivity index (χ3v) is 5.38. The van der Waals surface area contributed by atoms with Gasteiger partial charge in [0.15, 0.2) is 5.65 Å². The third-order valence-electron chi connectivity index (χ3n) is 5.38. The molecule has 5 rings (SSSR count). The van der Waals surface area contributed by atoms with E-state index in [9.17, 15) is 0 Å². The molecule has 0 unspecified atom stereocenters. The minimum absolute atomic E-state index is 0.123. The van der Waals surface area contributed by atoms with Gasteiger partial charge in [0.05, 0.1) is 16.8 Å². The summed E-state index contributed by atoms with van der Waals surface area (Å²) in [6.07, 6.45) is 7.20. The molecule has 8 heteroatoms. The Bertz CT molecular complexity index is 1310. The Morgan fingerprint density at radius 2 is 2.00 bits per heavy atom.